The number of hydrogen-bond donors (Lipinski definition) is 2. The van der Waals surface area contributed by atoms with Gasteiger partial charge in [0.1, 0.15) is 5.41 Å². The fourth-order valence-electron chi connectivity index (χ4n) is 2.23. The van der Waals surface area contributed by atoms with E-state index in [1.807, 2.05) is 24.3 Å². The number of anilines is 1. The number of ether oxygens (including phenoxy) is 1. The first-order valence-corrected chi connectivity index (χ1v) is 7.89. The predicted molar refractivity (Wildman–Crippen MR) is 93.7 cm³/mol. The monoisotopic (exact) mass is 329 g/mol. The van der Waals surface area contributed by atoms with E-state index in [4.69, 9.17) is 4.74 Å². The quantitative estimate of drug-likeness (QED) is 0.603. The largest absolute Gasteiger partial charge is 0.385 e. The predicted octanol–water partition coefficient (Wildman–Crippen LogP) is 2.35. The molecule has 1 aromatic heterocycles. The third kappa shape index (κ3) is 4.08. The molecule has 0 bridgehead atoms. The first-order valence-electron chi connectivity index (χ1n) is 7.89. The lowest BCUT2D eigenvalue weighted by Gasteiger charge is -2.23. The van der Waals surface area contributed by atoms with Crippen LogP contribution in [0.3, 0.4) is 0 Å². The van der Waals surface area contributed by atoms with Gasteiger partial charge in [-0.2, -0.15) is 0 Å². The van der Waals surface area contributed by atoms with Crippen LogP contribution in [0.25, 0.3) is 10.9 Å². The minimum Gasteiger partial charge on any atom is -0.385 e. The van der Waals surface area contributed by atoms with Crippen LogP contribution >= 0.6 is 0 Å². The highest BCUT2D eigenvalue weighted by atomic mass is 16.5. The summed E-state index contributed by atoms with van der Waals surface area (Å²) >= 11 is 0. The molecule has 1 heterocycles. The molecule has 0 atom stereocenters. The third-order valence-corrected chi connectivity index (χ3v) is 3.83. The Hall–Kier alpha value is -2.47. The standard InChI is InChI=1S/C18H23N3O3/c1-18(2,16(22)20-11-6-12-24-3)17(23)21-14-9-4-7-13-8-5-10-19-15(13)14/h4-5,7-10H,6,11-12H2,1-3H3,(H,20,22)(H,21,23). The average Bonchev–Trinajstić information content (AvgIpc) is 2.58. The van der Waals surface area contributed by atoms with Crippen LogP contribution in [-0.2, 0) is 14.3 Å². The summed E-state index contributed by atoms with van der Waals surface area (Å²) in [5, 5.41) is 6.51. The number of pyridine rings is 1. The summed E-state index contributed by atoms with van der Waals surface area (Å²) in [6.45, 7) is 4.24. The van der Waals surface area contributed by atoms with Gasteiger partial charge in [0, 0.05) is 31.8 Å². The van der Waals surface area contributed by atoms with Gasteiger partial charge in [0.25, 0.3) is 0 Å². The van der Waals surface area contributed by atoms with Crippen molar-refractivity contribution in [2.24, 2.45) is 5.41 Å². The molecular formula is C18H23N3O3. The normalized spacial score (nSPS) is 11.3. The van der Waals surface area contributed by atoms with E-state index in [0.29, 0.717) is 30.8 Å². The summed E-state index contributed by atoms with van der Waals surface area (Å²) in [6, 6.07) is 9.31. The summed E-state index contributed by atoms with van der Waals surface area (Å²) < 4.78 is 4.94. The Labute approximate surface area is 141 Å². The molecule has 0 radical (unpaired) electrons. The zero-order valence-corrected chi connectivity index (χ0v) is 14.3. The molecule has 2 N–H and O–H groups in total. The van der Waals surface area contributed by atoms with Gasteiger partial charge in [-0.25, -0.2) is 0 Å². The molecule has 128 valence electrons. The molecule has 0 saturated heterocycles. The lowest BCUT2D eigenvalue weighted by molar-refractivity contribution is -0.138. The van der Waals surface area contributed by atoms with Crippen LogP contribution in [0.15, 0.2) is 36.5 Å². The molecule has 0 aliphatic heterocycles. The molecule has 24 heavy (non-hydrogen) atoms. The molecular weight excluding hydrogens is 306 g/mol. The Morgan fingerprint density at radius 2 is 1.92 bits per heavy atom. The van der Waals surface area contributed by atoms with E-state index >= 15 is 0 Å². The smallest absolute Gasteiger partial charge is 0.239 e. The molecule has 0 unspecified atom stereocenters. The zero-order chi connectivity index (χ0) is 17.6. The van der Waals surface area contributed by atoms with Crippen molar-refractivity contribution in [2.45, 2.75) is 20.3 Å². The van der Waals surface area contributed by atoms with Gasteiger partial charge in [0.05, 0.1) is 11.2 Å². The van der Waals surface area contributed by atoms with Crippen LogP contribution in [0, 0.1) is 5.41 Å². The van der Waals surface area contributed by atoms with E-state index in [2.05, 4.69) is 15.6 Å². The highest BCUT2D eigenvalue weighted by Crippen LogP contribution is 2.24. The minimum atomic E-state index is -1.19. The van der Waals surface area contributed by atoms with Crippen LogP contribution in [0.2, 0.25) is 0 Å². The van der Waals surface area contributed by atoms with E-state index in [1.165, 1.54) is 0 Å². The molecule has 0 fully saturated rings. The molecule has 0 saturated carbocycles. The van der Waals surface area contributed by atoms with Crippen LogP contribution in [0.1, 0.15) is 20.3 Å². The van der Waals surface area contributed by atoms with E-state index in [-0.39, 0.29) is 11.8 Å². The number of hydrogen-bond acceptors (Lipinski definition) is 4. The number of para-hydroxylation sites is 1. The van der Waals surface area contributed by atoms with Gasteiger partial charge in [-0.3, -0.25) is 14.6 Å². The van der Waals surface area contributed by atoms with Crippen molar-refractivity contribution < 1.29 is 14.3 Å². The fraction of sp³-hybridized carbons (Fsp3) is 0.389. The molecule has 0 spiro atoms. The molecule has 2 amide bonds. The number of carbonyl (C=O) groups excluding carboxylic acids is 2. The van der Waals surface area contributed by atoms with Gasteiger partial charge in [0.15, 0.2) is 0 Å². The molecule has 6 nitrogen and oxygen atoms in total. The van der Waals surface area contributed by atoms with Crippen LogP contribution < -0.4 is 10.6 Å². The number of nitrogens with zero attached hydrogens (tertiary/aromatic N) is 1. The van der Waals surface area contributed by atoms with Gasteiger partial charge < -0.3 is 15.4 Å². The van der Waals surface area contributed by atoms with Gasteiger partial charge in [-0.1, -0.05) is 18.2 Å². The maximum Gasteiger partial charge on any atom is 0.239 e. The Kier molecular flexibility index (Phi) is 5.87. The molecule has 1 aromatic carbocycles. The number of carbonyl (C=O) groups is 2. The summed E-state index contributed by atoms with van der Waals surface area (Å²) in [6.07, 6.45) is 2.37. The number of amides is 2. The summed E-state index contributed by atoms with van der Waals surface area (Å²) in [7, 11) is 1.61. The number of methoxy groups -OCH3 is 1. The number of benzene rings is 1. The Bertz CT molecular complexity index is 723. The van der Waals surface area contributed by atoms with E-state index in [1.54, 1.807) is 33.2 Å². The topological polar surface area (TPSA) is 80.3 Å². The number of rotatable bonds is 7. The van der Waals surface area contributed by atoms with Crippen molar-refractivity contribution in [1.82, 2.24) is 10.3 Å². The highest BCUT2D eigenvalue weighted by molar-refractivity contribution is 6.12. The maximum atomic E-state index is 12.6. The van der Waals surface area contributed by atoms with Crippen molar-refractivity contribution in [3.63, 3.8) is 0 Å². The van der Waals surface area contributed by atoms with Crippen molar-refractivity contribution in [3.05, 3.63) is 36.5 Å². The van der Waals surface area contributed by atoms with Crippen LogP contribution in [0.5, 0.6) is 0 Å². The lowest BCUT2D eigenvalue weighted by Crippen LogP contribution is -2.45. The number of fused-ring (bicyclic) bond motifs is 1. The Morgan fingerprint density at radius 1 is 1.17 bits per heavy atom. The Balaban J connectivity index is 2.08. The van der Waals surface area contributed by atoms with Crippen LogP contribution in [-0.4, -0.2) is 37.1 Å². The third-order valence-electron chi connectivity index (χ3n) is 3.83. The van der Waals surface area contributed by atoms with Gasteiger partial charge >= 0.3 is 0 Å². The molecule has 2 aromatic rings. The zero-order valence-electron chi connectivity index (χ0n) is 14.3. The van der Waals surface area contributed by atoms with Crippen LogP contribution in [0.4, 0.5) is 5.69 Å². The molecule has 2 rings (SSSR count). The summed E-state index contributed by atoms with van der Waals surface area (Å²) in [5.74, 6) is -0.686. The van der Waals surface area contributed by atoms with Gasteiger partial charge in [0.2, 0.25) is 11.8 Å². The molecule has 0 aliphatic carbocycles. The van der Waals surface area contributed by atoms with Gasteiger partial charge in [-0.05, 0) is 32.4 Å². The second-order valence-electron chi connectivity index (χ2n) is 6.06. The SMILES string of the molecule is COCCCNC(=O)C(C)(C)C(=O)Nc1cccc2cccnc12. The van der Waals surface area contributed by atoms with Crippen molar-refractivity contribution in [3.8, 4) is 0 Å². The first kappa shape index (κ1) is 17.9. The van der Waals surface area contributed by atoms with E-state index in [9.17, 15) is 9.59 Å². The number of nitrogens with one attached hydrogen (secondary N) is 2. The fourth-order valence-corrected chi connectivity index (χ4v) is 2.23. The summed E-state index contributed by atoms with van der Waals surface area (Å²) in [5.41, 5.74) is 0.104. The van der Waals surface area contributed by atoms with E-state index < -0.39 is 5.41 Å². The van der Waals surface area contributed by atoms with Crippen molar-refractivity contribution >= 4 is 28.4 Å². The maximum absolute atomic E-state index is 12.6. The van der Waals surface area contributed by atoms with Crippen molar-refractivity contribution in [2.75, 3.05) is 25.6 Å². The highest BCUT2D eigenvalue weighted by Gasteiger charge is 2.36. The van der Waals surface area contributed by atoms with Gasteiger partial charge in [-0.15, -0.1) is 0 Å². The summed E-state index contributed by atoms with van der Waals surface area (Å²) in [4.78, 5) is 29.2. The second-order valence-corrected chi connectivity index (χ2v) is 6.06. The average molecular weight is 329 g/mol. The van der Waals surface area contributed by atoms with E-state index in [0.717, 1.165) is 5.39 Å². The molecule has 6 heteroatoms. The Morgan fingerprint density at radius 3 is 2.67 bits per heavy atom. The van der Waals surface area contributed by atoms with Crippen molar-refractivity contribution in [1.29, 1.82) is 0 Å². The second kappa shape index (κ2) is 7.88. The minimum absolute atomic E-state index is 0.315. The number of aromatic nitrogens is 1. The first-order chi connectivity index (χ1) is 11.5. The molecule has 0 aliphatic rings. The lowest BCUT2D eigenvalue weighted by atomic mass is 9.91.